The summed E-state index contributed by atoms with van der Waals surface area (Å²) in [5.41, 5.74) is 5.13. The van der Waals surface area contributed by atoms with E-state index in [9.17, 15) is 4.79 Å². The minimum atomic E-state index is -0.304. The highest BCUT2D eigenvalue weighted by Crippen LogP contribution is 2.26. The van der Waals surface area contributed by atoms with Crippen molar-refractivity contribution in [2.45, 2.75) is 6.42 Å². The van der Waals surface area contributed by atoms with Crippen molar-refractivity contribution in [2.75, 3.05) is 19.6 Å². The zero-order chi connectivity index (χ0) is 7.14. The summed E-state index contributed by atoms with van der Waals surface area (Å²) in [7, 11) is 0. The molecule has 2 aliphatic rings. The van der Waals surface area contributed by atoms with Crippen molar-refractivity contribution in [3.05, 3.63) is 0 Å². The molecule has 2 saturated heterocycles. The molecule has 2 unspecified atom stereocenters. The van der Waals surface area contributed by atoms with Gasteiger partial charge in [-0.15, -0.1) is 0 Å². The summed E-state index contributed by atoms with van der Waals surface area (Å²) in [6.07, 6.45) is 1.23. The topological polar surface area (TPSA) is 49.6 Å². The average molecular weight is 141 g/mol. The van der Waals surface area contributed by atoms with Crippen LogP contribution in [0.2, 0.25) is 0 Å². The van der Waals surface area contributed by atoms with Gasteiger partial charge in [-0.3, -0.25) is 5.01 Å². The summed E-state index contributed by atoms with van der Waals surface area (Å²) < 4.78 is 0. The largest absolute Gasteiger partial charge is 0.350 e. The molecule has 2 fully saturated rings. The number of carbonyl (C=O) groups excluding carboxylic acids is 1. The number of fused-ring (bicyclic) bond motifs is 2. The third kappa shape index (κ3) is 0.686. The Hall–Kier alpha value is -0.770. The van der Waals surface area contributed by atoms with Gasteiger partial charge in [0.2, 0.25) is 0 Å². The quantitative estimate of drug-likeness (QED) is 0.500. The zero-order valence-corrected chi connectivity index (χ0v) is 5.79. The van der Waals surface area contributed by atoms with E-state index < -0.39 is 0 Å². The van der Waals surface area contributed by atoms with Gasteiger partial charge in [-0.2, -0.15) is 0 Å². The second-order valence-electron chi connectivity index (χ2n) is 2.99. The van der Waals surface area contributed by atoms with Crippen molar-refractivity contribution in [3.8, 4) is 0 Å². The number of hydrazine groups is 1. The first-order valence-electron chi connectivity index (χ1n) is 3.59. The van der Waals surface area contributed by atoms with Crippen LogP contribution >= 0.6 is 0 Å². The Morgan fingerprint density at radius 2 is 2.30 bits per heavy atom. The number of carbonyl (C=O) groups is 1. The van der Waals surface area contributed by atoms with Gasteiger partial charge >= 0.3 is 6.03 Å². The fraction of sp³-hybridized carbons (Fsp3) is 0.833. The molecule has 2 N–H and O–H groups in total. The first kappa shape index (κ1) is 5.97. The molecule has 56 valence electrons. The van der Waals surface area contributed by atoms with Gasteiger partial charge in [0.25, 0.3) is 0 Å². The maximum absolute atomic E-state index is 10.7. The van der Waals surface area contributed by atoms with Crippen LogP contribution in [-0.2, 0) is 0 Å². The number of rotatable bonds is 0. The number of primary amides is 1. The number of hydrogen-bond donors (Lipinski definition) is 1. The maximum atomic E-state index is 10.7. The highest BCUT2D eigenvalue weighted by Gasteiger charge is 2.37. The zero-order valence-electron chi connectivity index (χ0n) is 5.79. The lowest BCUT2D eigenvalue weighted by Crippen LogP contribution is -2.45. The third-order valence-corrected chi connectivity index (χ3v) is 2.29. The van der Waals surface area contributed by atoms with Crippen molar-refractivity contribution in [1.29, 1.82) is 0 Å². The Morgan fingerprint density at radius 1 is 1.50 bits per heavy atom. The van der Waals surface area contributed by atoms with Gasteiger partial charge in [0.15, 0.2) is 0 Å². The number of urea groups is 1. The molecule has 4 heteroatoms. The molecule has 0 saturated carbocycles. The summed E-state index contributed by atoms with van der Waals surface area (Å²) >= 11 is 0. The van der Waals surface area contributed by atoms with E-state index in [1.54, 1.807) is 5.01 Å². The normalized spacial score (nSPS) is 37.0. The molecule has 2 atom stereocenters. The molecule has 2 amide bonds. The minimum Gasteiger partial charge on any atom is -0.350 e. The van der Waals surface area contributed by atoms with E-state index in [1.165, 1.54) is 6.42 Å². The van der Waals surface area contributed by atoms with Crippen molar-refractivity contribution in [3.63, 3.8) is 0 Å². The number of hydrogen-bond acceptors (Lipinski definition) is 2. The van der Waals surface area contributed by atoms with Crippen LogP contribution in [0.5, 0.6) is 0 Å². The minimum absolute atomic E-state index is 0.304. The molecule has 2 heterocycles. The van der Waals surface area contributed by atoms with E-state index in [2.05, 4.69) is 0 Å². The lowest BCUT2D eigenvalue weighted by molar-refractivity contribution is 0.0651. The third-order valence-electron chi connectivity index (χ3n) is 2.29. The number of nitrogens with zero attached hydrogens (tertiary/aromatic N) is 2. The van der Waals surface area contributed by atoms with Gasteiger partial charge in [-0.05, 0) is 12.3 Å². The smallest absolute Gasteiger partial charge is 0.329 e. The van der Waals surface area contributed by atoms with Gasteiger partial charge in [-0.25, -0.2) is 9.80 Å². The lowest BCUT2D eigenvalue weighted by atomic mass is 10.1. The average Bonchev–Trinajstić information content (AvgIpc) is 2.44. The molecule has 0 aromatic heterocycles. The van der Waals surface area contributed by atoms with Crippen LogP contribution in [-0.4, -0.2) is 35.7 Å². The first-order chi connectivity index (χ1) is 4.77. The Kier molecular flexibility index (Phi) is 1.11. The van der Waals surface area contributed by atoms with E-state index >= 15 is 0 Å². The molecular weight excluding hydrogens is 130 g/mol. The number of nitrogens with two attached hydrogens (primary N) is 1. The van der Waals surface area contributed by atoms with Crippen LogP contribution in [0.25, 0.3) is 0 Å². The van der Waals surface area contributed by atoms with Crippen LogP contribution < -0.4 is 5.73 Å². The molecule has 2 aliphatic heterocycles. The molecule has 0 aromatic rings. The molecule has 2 bridgehead atoms. The summed E-state index contributed by atoms with van der Waals surface area (Å²) in [6, 6.07) is -0.304. The van der Waals surface area contributed by atoms with Crippen LogP contribution in [0.4, 0.5) is 4.79 Å². The highest BCUT2D eigenvalue weighted by molar-refractivity contribution is 5.71. The summed E-state index contributed by atoms with van der Waals surface area (Å²) in [5.74, 6) is 0.687. The number of amides is 2. The van der Waals surface area contributed by atoms with E-state index in [1.807, 2.05) is 5.01 Å². The summed E-state index contributed by atoms with van der Waals surface area (Å²) in [4.78, 5) is 10.7. The lowest BCUT2D eigenvalue weighted by Gasteiger charge is -2.26. The van der Waals surface area contributed by atoms with Crippen molar-refractivity contribution in [1.82, 2.24) is 10.0 Å². The van der Waals surface area contributed by atoms with Crippen LogP contribution in [0.15, 0.2) is 0 Å². The van der Waals surface area contributed by atoms with Crippen LogP contribution in [0, 0.1) is 5.92 Å². The molecule has 0 spiro atoms. The van der Waals surface area contributed by atoms with Gasteiger partial charge in [0, 0.05) is 19.6 Å². The highest BCUT2D eigenvalue weighted by atomic mass is 16.2. The Labute approximate surface area is 59.5 Å². The van der Waals surface area contributed by atoms with Crippen molar-refractivity contribution in [2.24, 2.45) is 11.7 Å². The van der Waals surface area contributed by atoms with Gasteiger partial charge < -0.3 is 5.73 Å². The standard InChI is InChI=1S/C6H11N3O/c7-6(10)9-4-5-1-2-8(9)3-5/h5H,1-4H2,(H2,7,10). The predicted octanol–water partition coefficient (Wildman–Crippen LogP) is -0.382. The van der Waals surface area contributed by atoms with E-state index in [4.69, 9.17) is 5.73 Å². The maximum Gasteiger partial charge on any atom is 0.329 e. The Bertz CT molecular complexity index is 170. The molecular formula is C6H11N3O. The fourth-order valence-electron chi connectivity index (χ4n) is 1.77. The summed E-state index contributed by atoms with van der Waals surface area (Å²) in [6.45, 7) is 2.88. The molecule has 0 aliphatic carbocycles. The monoisotopic (exact) mass is 141 g/mol. The van der Waals surface area contributed by atoms with Gasteiger partial charge in [-0.1, -0.05) is 0 Å². The molecule has 2 rings (SSSR count). The molecule has 0 aromatic carbocycles. The predicted molar refractivity (Wildman–Crippen MR) is 36.0 cm³/mol. The van der Waals surface area contributed by atoms with E-state index in [0.717, 1.165) is 19.6 Å². The van der Waals surface area contributed by atoms with Crippen molar-refractivity contribution >= 4 is 6.03 Å². The van der Waals surface area contributed by atoms with Crippen molar-refractivity contribution < 1.29 is 4.79 Å². The molecule has 0 radical (unpaired) electrons. The fourth-order valence-corrected chi connectivity index (χ4v) is 1.77. The molecule has 4 nitrogen and oxygen atoms in total. The van der Waals surface area contributed by atoms with E-state index in [0.29, 0.717) is 5.92 Å². The van der Waals surface area contributed by atoms with Gasteiger partial charge in [0.1, 0.15) is 0 Å². The Morgan fingerprint density at radius 3 is 2.60 bits per heavy atom. The second kappa shape index (κ2) is 1.85. The van der Waals surface area contributed by atoms with Gasteiger partial charge in [0.05, 0.1) is 0 Å². The van der Waals surface area contributed by atoms with Crippen LogP contribution in [0.3, 0.4) is 0 Å². The SMILES string of the molecule is NC(=O)N1CC2CCN1C2. The first-order valence-corrected chi connectivity index (χ1v) is 3.59. The summed E-state index contributed by atoms with van der Waals surface area (Å²) in [5, 5.41) is 3.68. The van der Waals surface area contributed by atoms with E-state index in [-0.39, 0.29) is 6.03 Å². The Balaban J connectivity index is 2.08. The second-order valence-corrected chi connectivity index (χ2v) is 2.99. The molecule has 10 heavy (non-hydrogen) atoms. The van der Waals surface area contributed by atoms with Crippen LogP contribution in [0.1, 0.15) is 6.42 Å².